The van der Waals surface area contributed by atoms with Gasteiger partial charge in [0.15, 0.2) is 6.10 Å². The molecule has 0 rings (SSSR count). The normalized spacial score (nSPS) is 12.9. The molecule has 0 saturated carbocycles. The standard InChI is InChI=1S/C75H126O6/c1-4-7-10-13-16-19-22-25-28-31-33-35-36-37-38-40-41-44-47-50-53-56-59-62-65-68-74(77)80-71-72(70-79-73(76)67-64-61-58-55-52-49-46-43-30-27-24-21-18-15-12-9-6-3)81-75(78)69-66-63-60-57-54-51-48-45-42-39-34-32-29-26-23-20-17-14-11-8-5-2/h7,10,16,18-19,21,23,25-28,30,32-35,37-38,42,45,72H,4-6,8-9,11-15,17,20,22,24,29,31,36,39-41,43-44,46-71H2,1-3H3/b10-7-,19-16-,21-18-,26-23-,28-25-,30-27-,34-32-,35-33-,38-37-,45-42-. The molecule has 0 aliphatic carbocycles. The van der Waals surface area contributed by atoms with Crippen molar-refractivity contribution in [2.45, 2.75) is 322 Å². The van der Waals surface area contributed by atoms with Gasteiger partial charge < -0.3 is 14.2 Å². The summed E-state index contributed by atoms with van der Waals surface area (Å²) < 4.78 is 17.0. The zero-order valence-corrected chi connectivity index (χ0v) is 53.0. The van der Waals surface area contributed by atoms with Crippen molar-refractivity contribution in [1.82, 2.24) is 0 Å². The molecule has 462 valence electrons. The lowest BCUT2D eigenvalue weighted by atomic mass is 10.1. The second-order valence-corrected chi connectivity index (χ2v) is 22.3. The molecule has 0 aliphatic rings. The Bertz CT molecular complexity index is 1670. The number of hydrogen-bond acceptors (Lipinski definition) is 6. The van der Waals surface area contributed by atoms with Gasteiger partial charge in [-0.25, -0.2) is 0 Å². The highest BCUT2D eigenvalue weighted by molar-refractivity contribution is 5.71. The number of unbranched alkanes of at least 4 members (excludes halogenated alkanes) is 30. The van der Waals surface area contributed by atoms with E-state index in [9.17, 15) is 14.4 Å². The van der Waals surface area contributed by atoms with Gasteiger partial charge in [-0.3, -0.25) is 14.4 Å². The second-order valence-electron chi connectivity index (χ2n) is 22.3. The van der Waals surface area contributed by atoms with Crippen LogP contribution in [0.15, 0.2) is 122 Å². The Balaban J connectivity index is 4.43. The Morgan fingerprint density at radius 3 is 0.778 bits per heavy atom. The summed E-state index contributed by atoms with van der Waals surface area (Å²) in [6, 6.07) is 0. The third-order valence-corrected chi connectivity index (χ3v) is 14.4. The Labute approximate surface area is 501 Å². The fourth-order valence-corrected chi connectivity index (χ4v) is 9.33. The maximum atomic E-state index is 13.0. The largest absolute Gasteiger partial charge is 0.462 e. The maximum Gasteiger partial charge on any atom is 0.306 e. The van der Waals surface area contributed by atoms with E-state index in [1.165, 1.54) is 141 Å². The van der Waals surface area contributed by atoms with E-state index in [1.54, 1.807) is 0 Å². The van der Waals surface area contributed by atoms with Crippen molar-refractivity contribution < 1.29 is 28.6 Å². The highest BCUT2D eigenvalue weighted by Gasteiger charge is 2.19. The molecule has 0 amide bonds. The quantitative estimate of drug-likeness (QED) is 0.0261. The fraction of sp³-hybridized carbons (Fsp3) is 0.693. The van der Waals surface area contributed by atoms with Gasteiger partial charge in [0.2, 0.25) is 0 Å². The van der Waals surface area contributed by atoms with Crippen LogP contribution >= 0.6 is 0 Å². The number of carbonyl (C=O) groups excluding carboxylic acids is 3. The first kappa shape index (κ1) is 76.8. The molecular formula is C75H126O6. The molecular weight excluding hydrogens is 997 g/mol. The van der Waals surface area contributed by atoms with Gasteiger partial charge in [-0.05, 0) is 135 Å². The lowest BCUT2D eigenvalue weighted by molar-refractivity contribution is -0.167. The summed E-state index contributed by atoms with van der Waals surface area (Å²) in [6.07, 6.45) is 94.8. The minimum absolute atomic E-state index is 0.0910. The van der Waals surface area contributed by atoms with Gasteiger partial charge >= 0.3 is 17.9 Å². The summed E-state index contributed by atoms with van der Waals surface area (Å²) in [7, 11) is 0. The number of hydrogen-bond donors (Lipinski definition) is 0. The van der Waals surface area contributed by atoms with Gasteiger partial charge in [0.1, 0.15) is 13.2 Å². The van der Waals surface area contributed by atoms with Crippen molar-refractivity contribution in [3.05, 3.63) is 122 Å². The lowest BCUT2D eigenvalue weighted by Gasteiger charge is -2.18. The third-order valence-electron chi connectivity index (χ3n) is 14.4. The van der Waals surface area contributed by atoms with E-state index in [-0.39, 0.29) is 31.1 Å². The summed E-state index contributed by atoms with van der Waals surface area (Å²) >= 11 is 0. The first-order valence-corrected chi connectivity index (χ1v) is 34.0. The number of allylic oxidation sites excluding steroid dienone is 20. The molecule has 0 heterocycles. The SMILES string of the molecule is CC/C=C\C/C=C\C/C=C\C/C=C\C/C=C\CCCCCCCCCCCC(=O)OCC(COC(=O)CCCCCCCCC/C=C\C/C=C\CCCCC)OC(=O)CCCCCCCC/C=C\C/C=C\C/C=C\CCCCCCC. The predicted molar refractivity (Wildman–Crippen MR) is 353 cm³/mol. The van der Waals surface area contributed by atoms with E-state index >= 15 is 0 Å². The average Bonchev–Trinajstić information content (AvgIpc) is 3.47. The van der Waals surface area contributed by atoms with Crippen molar-refractivity contribution in [3.63, 3.8) is 0 Å². The Morgan fingerprint density at radius 2 is 0.481 bits per heavy atom. The summed E-state index contributed by atoms with van der Waals surface area (Å²) in [6.45, 7) is 6.49. The Morgan fingerprint density at radius 1 is 0.259 bits per heavy atom. The second kappa shape index (κ2) is 68.3. The van der Waals surface area contributed by atoms with E-state index in [0.29, 0.717) is 19.3 Å². The zero-order valence-electron chi connectivity index (χ0n) is 53.0. The van der Waals surface area contributed by atoms with Crippen molar-refractivity contribution in [3.8, 4) is 0 Å². The minimum atomic E-state index is -0.797. The van der Waals surface area contributed by atoms with Gasteiger partial charge in [-0.15, -0.1) is 0 Å². The molecule has 0 aromatic heterocycles. The van der Waals surface area contributed by atoms with Crippen LogP contribution in [0.5, 0.6) is 0 Å². The van der Waals surface area contributed by atoms with Crippen molar-refractivity contribution >= 4 is 17.9 Å². The highest BCUT2D eigenvalue weighted by atomic mass is 16.6. The van der Waals surface area contributed by atoms with Crippen LogP contribution in [-0.4, -0.2) is 37.2 Å². The zero-order chi connectivity index (χ0) is 58.5. The maximum absolute atomic E-state index is 13.0. The monoisotopic (exact) mass is 1120 g/mol. The lowest BCUT2D eigenvalue weighted by Crippen LogP contribution is -2.30. The van der Waals surface area contributed by atoms with Crippen LogP contribution in [0, 0.1) is 0 Å². The molecule has 1 atom stereocenters. The Hall–Kier alpha value is -4.19. The van der Waals surface area contributed by atoms with Crippen LogP contribution in [0.4, 0.5) is 0 Å². The fourth-order valence-electron chi connectivity index (χ4n) is 9.33. The van der Waals surface area contributed by atoms with E-state index in [1.807, 2.05) is 0 Å². The highest BCUT2D eigenvalue weighted by Crippen LogP contribution is 2.16. The predicted octanol–water partition coefficient (Wildman–Crippen LogP) is 23.6. The smallest absolute Gasteiger partial charge is 0.306 e. The van der Waals surface area contributed by atoms with Gasteiger partial charge in [0.25, 0.3) is 0 Å². The van der Waals surface area contributed by atoms with E-state index in [0.717, 1.165) is 135 Å². The van der Waals surface area contributed by atoms with Crippen LogP contribution in [0.25, 0.3) is 0 Å². The summed E-state index contributed by atoms with van der Waals surface area (Å²) in [5.41, 5.74) is 0. The van der Waals surface area contributed by atoms with Crippen LogP contribution in [0.1, 0.15) is 316 Å². The molecule has 6 nitrogen and oxygen atoms in total. The number of carbonyl (C=O) groups is 3. The van der Waals surface area contributed by atoms with Crippen LogP contribution in [0.3, 0.4) is 0 Å². The van der Waals surface area contributed by atoms with Gasteiger partial charge in [-0.2, -0.15) is 0 Å². The molecule has 0 radical (unpaired) electrons. The van der Waals surface area contributed by atoms with Crippen molar-refractivity contribution in [2.24, 2.45) is 0 Å². The summed E-state index contributed by atoms with van der Waals surface area (Å²) in [5, 5.41) is 0. The van der Waals surface area contributed by atoms with Crippen LogP contribution in [-0.2, 0) is 28.6 Å². The summed E-state index contributed by atoms with van der Waals surface area (Å²) in [5.74, 6) is -0.908. The molecule has 0 saturated heterocycles. The first-order chi connectivity index (χ1) is 40.0. The molecule has 0 aromatic rings. The number of ether oxygens (including phenoxy) is 3. The van der Waals surface area contributed by atoms with Gasteiger partial charge in [-0.1, -0.05) is 284 Å². The third kappa shape index (κ3) is 66.5. The summed E-state index contributed by atoms with van der Waals surface area (Å²) in [4.78, 5) is 38.4. The molecule has 0 bridgehead atoms. The molecule has 0 fully saturated rings. The molecule has 0 aromatic carbocycles. The molecule has 0 N–H and O–H groups in total. The topological polar surface area (TPSA) is 78.9 Å². The van der Waals surface area contributed by atoms with Crippen LogP contribution in [0.2, 0.25) is 0 Å². The number of rotatable bonds is 61. The molecule has 81 heavy (non-hydrogen) atoms. The van der Waals surface area contributed by atoms with E-state index in [2.05, 4.69) is 142 Å². The minimum Gasteiger partial charge on any atom is -0.462 e. The first-order valence-electron chi connectivity index (χ1n) is 34.0. The molecule has 6 heteroatoms. The van der Waals surface area contributed by atoms with Crippen LogP contribution < -0.4 is 0 Å². The van der Waals surface area contributed by atoms with Crippen molar-refractivity contribution in [2.75, 3.05) is 13.2 Å². The van der Waals surface area contributed by atoms with E-state index in [4.69, 9.17) is 14.2 Å². The average molecular weight is 1120 g/mol. The Kier molecular flexibility index (Phi) is 64.8. The van der Waals surface area contributed by atoms with Gasteiger partial charge in [0.05, 0.1) is 0 Å². The van der Waals surface area contributed by atoms with Gasteiger partial charge in [0, 0.05) is 19.3 Å². The van der Waals surface area contributed by atoms with E-state index < -0.39 is 6.10 Å². The molecule has 1 unspecified atom stereocenters. The molecule has 0 aliphatic heterocycles. The van der Waals surface area contributed by atoms with Crippen molar-refractivity contribution in [1.29, 1.82) is 0 Å². The number of esters is 3. The molecule has 0 spiro atoms.